The molecule has 2 aromatic rings. The van der Waals surface area contributed by atoms with Gasteiger partial charge in [-0.25, -0.2) is 18.7 Å². The molecule has 0 aliphatic carbocycles. The Morgan fingerprint density at radius 1 is 1.33 bits per heavy atom. The van der Waals surface area contributed by atoms with Crippen LogP contribution in [0.2, 0.25) is 0 Å². The number of hydrogen-bond acceptors (Lipinski definition) is 4. The molecule has 0 amide bonds. The zero-order valence-corrected chi connectivity index (χ0v) is 11.8. The highest BCUT2D eigenvalue weighted by molar-refractivity contribution is 5.89. The van der Waals surface area contributed by atoms with E-state index in [0.717, 1.165) is 11.8 Å². The number of para-hydroxylation sites is 1. The summed E-state index contributed by atoms with van der Waals surface area (Å²) in [6, 6.07) is 7.45. The second-order valence-corrected chi connectivity index (χ2v) is 5.05. The highest BCUT2D eigenvalue weighted by Gasteiger charge is 2.26. The zero-order chi connectivity index (χ0) is 14.8. The number of hydrogen-bond donors (Lipinski definition) is 0. The molecule has 1 aliphatic rings. The third-order valence-electron chi connectivity index (χ3n) is 3.77. The van der Waals surface area contributed by atoms with Gasteiger partial charge >= 0.3 is 0 Å². The number of nitrogens with zero attached hydrogens (tertiary/aromatic N) is 3. The van der Waals surface area contributed by atoms with Crippen molar-refractivity contribution in [3.05, 3.63) is 30.1 Å². The third-order valence-corrected chi connectivity index (χ3v) is 3.77. The number of alkyl halides is 2. The van der Waals surface area contributed by atoms with Crippen molar-refractivity contribution in [1.29, 1.82) is 0 Å². The van der Waals surface area contributed by atoms with Crippen LogP contribution < -0.4 is 4.90 Å². The summed E-state index contributed by atoms with van der Waals surface area (Å²) in [5.41, 5.74) is 0.555. The van der Waals surface area contributed by atoms with Gasteiger partial charge in [0, 0.05) is 11.9 Å². The normalized spacial score (nSPS) is 19.4. The number of aromatic nitrogens is 2. The van der Waals surface area contributed by atoms with Crippen molar-refractivity contribution in [1.82, 2.24) is 9.97 Å². The van der Waals surface area contributed by atoms with Crippen LogP contribution in [-0.2, 0) is 4.74 Å². The van der Waals surface area contributed by atoms with Gasteiger partial charge in [0.05, 0.1) is 24.8 Å². The second kappa shape index (κ2) is 5.89. The number of halogens is 2. The predicted molar refractivity (Wildman–Crippen MR) is 76.7 cm³/mol. The molecular weight excluding hydrogens is 276 g/mol. The van der Waals surface area contributed by atoms with Crippen LogP contribution in [0.3, 0.4) is 0 Å². The Bertz CT molecular complexity index is 635. The first-order valence-corrected chi connectivity index (χ1v) is 7.10. The summed E-state index contributed by atoms with van der Waals surface area (Å²) < 4.78 is 31.6. The highest BCUT2D eigenvalue weighted by Crippen LogP contribution is 2.29. The Labute approximate surface area is 121 Å². The quantitative estimate of drug-likeness (QED) is 0.871. The van der Waals surface area contributed by atoms with E-state index in [2.05, 4.69) is 21.8 Å². The molecule has 1 saturated heterocycles. The van der Waals surface area contributed by atoms with Crippen molar-refractivity contribution in [2.45, 2.75) is 25.8 Å². The van der Waals surface area contributed by atoms with E-state index in [0.29, 0.717) is 31.1 Å². The van der Waals surface area contributed by atoms with E-state index < -0.39 is 12.2 Å². The molecule has 1 aromatic carbocycles. The second-order valence-electron chi connectivity index (χ2n) is 5.05. The summed E-state index contributed by atoms with van der Waals surface area (Å²) >= 11 is 0. The lowest BCUT2D eigenvalue weighted by atomic mass is 10.1. The van der Waals surface area contributed by atoms with Gasteiger partial charge in [-0.3, -0.25) is 0 Å². The molecule has 0 N–H and O–H groups in total. The van der Waals surface area contributed by atoms with E-state index in [-0.39, 0.29) is 6.04 Å². The smallest absolute Gasteiger partial charge is 0.297 e. The van der Waals surface area contributed by atoms with E-state index in [9.17, 15) is 8.78 Å². The molecular formula is C15H17F2N3O. The minimum atomic E-state index is -2.67. The molecule has 112 valence electrons. The van der Waals surface area contributed by atoms with Gasteiger partial charge in [-0.1, -0.05) is 19.1 Å². The van der Waals surface area contributed by atoms with Gasteiger partial charge < -0.3 is 9.64 Å². The lowest BCUT2D eigenvalue weighted by molar-refractivity contribution is 0.0924. The Morgan fingerprint density at radius 3 is 2.90 bits per heavy atom. The lowest BCUT2D eigenvalue weighted by Crippen LogP contribution is -2.45. The molecule has 1 fully saturated rings. The zero-order valence-electron chi connectivity index (χ0n) is 11.8. The predicted octanol–water partition coefficient (Wildman–Crippen LogP) is 3.18. The summed E-state index contributed by atoms with van der Waals surface area (Å²) in [6.07, 6.45) is -1.79. The number of anilines is 1. The van der Waals surface area contributed by atoms with Crippen LogP contribution in [0.15, 0.2) is 24.3 Å². The molecule has 21 heavy (non-hydrogen) atoms. The Morgan fingerprint density at radius 2 is 2.14 bits per heavy atom. The SMILES string of the molecule is CCC1COCCN1c1nc(C(F)F)nc2ccccc12. The number of rotatable bonds is 3. The number of benzene rings is 1. The largest absolute Gasteiger partial charge is 0.377 e. The van der Waals surface area contributed by atoms with Gasteiger partial charge in [-0.05, 0) is 18.6 Å². The van der Waals surface area contributed by atoms with Crippen molar-refractivity contribution in [3.63, 3.8) is 0 Å². The van der Waals surface area contributed by atoms with Crippen molar-refractivity contribution < 1.29 is 13.5 Å². The Balaban J connectivity index is 2.14. The van der Waals surface area contributed by atoms with Crippen LogP contribution in [0.25, 0.3) is 10.9 Å². The first-order chi connectivity index (χ1) is 10.2. The summed E-state index contributed by atoms with van der Waals surface area (Å²) in [6.45, 7) is 3.89. The van der Waals surface area contributed by atoms with Crippen molar-refractivity contribution in [3.8, 4) is 0 Å². The first-order valence-electron chi connectivity index (χ1n) is 7.10. The molecule has 1 atom stereocenters. The molecule has 0 spiro atoms. The summed E-state index contributed by atoms with van der Waals surface area (Å²) in [5, 5.41) is 0.808. The average Bonchev–Trinajstić information content (AvgIpc) is 2.53. The fourth-order valence-corrected chi connectivity index (χ4v) is 2.67. The Kier molecular flexibility index (Phi) is 3.96. The maximum atomic E-state index is 13.1. The monoisotopic (exact) mass is 293 g/mol. The van der Waals surface area contributed by atoms with Crippen molar-refractivity contribution in [2.24, 2.45) is 0 Å². The molecule has 1 unspecified atom stereocenters. The minimum absolute atomic E-state index is 0.155. The molecule has 1 aliphatic heterocycles. The summed E-state index contributed by atoms with van der Waals surface area (Å²) in [5.74, 6) is 0.177. The maximum Gasteiger partial charge on any atom is 0.297 e. The van der Waals surface area contributed by atoms with Crippen LogP contribution >= 0.6 is 0 Å². The number of morpholine rings is 1. The van der Waals surface area contributed by atoms with Crippen LogP contribution in [0, 0.1) is 0 Å². The average molecular weight is 293 g/mol. The molecule has 3 rings (SSSR count). The highest BCUT2D eigenvalue weighted by atomic mass is 19.3. The van der Waals surface area contributed by atoms with E-state index in [1.807, 2.05) is 12.1 Å². The fourth-order valence-electron chi connectivity index (χ4n) is 2.67. The van der Waals surface area contributed by atoms with E-state index in [1.165, 1.54) is 0 Å². The third kappa shape index (κ3) is 2.68. The van der Waals surface area contributed by atoms with Gasteiger partial charge in [0.1, 0.15) is 5.82 Å². The van der Waals surface area contributed by atoms with Crippen molar-refractivity contribution in [2.75, 3.05) is 24.7 Å². The minimum Gasteiger partial charge on any atom is -0.377 e. The molecule has 2 heterocycles. The van der Waals surface area contributed by atoms with Gasteiger partial charge in [0.2, 0.25) is 0 Å². The van der Waals surface area contributed by atoms with E-state index in [4.69, 9.17) is 4.74 Å². The lowest BCUT2D eigenvalue weighted by Gasteiger charge is -2.36. The van der Waals surface area contributed by atoms with Gasteiger partial charge in [0.15, 0.2) is 5.82 Å². The van der Waals surface area contributed by atoms with E-state index >= 15 is 0 Å². The van der Waals surface area contributed by atoms with Crippen LogP contribution in [0.5, 0.6) is 0 Å². The number of fused-ring (bicyclic) bond motifs is 1. The summed E-state index contributed by atoms with van der Waals surface area (Å²) in [4.78, 5) is 10.2. The molecule has 0 bridgehead atoms. The van der Waals surface area contributed by atoms with Gasteiger partial charge in [0.25, 0.3) is 6.43 Å². The number of ether oxygens (including phenoxy) is 1. The molecule has 6 heteroatoms. The van der Waals surface area contributed by atoms with Crippen LogP contribution in [-0.4, -0.2) is 35.8 Å². The molecule has 4 nitrogen and oxygen atoms in total. The maximum absolute atomic E-state index is 13.1. The van der Waals surface area contributed by atoms with Gasteiger partial charge in [-0.2, -0.15) is 0 Å². The fraction of sp³-hybridized carbons (Fsp3) is 0.467. The molecule has 0 saturated carbocycles. The molecule has 0 radical (unpaired) electrons. The van der Waals surface area contributed by atoms with Crippen molar-refractivity contribution >= 4 is 16.7 Å². The standard InChI is InChI=1S/C15H17F2N3O/c1-2-10-9-21-8-7-20(10)15-11-5-3-4-6-12(11)18-14(19-15)13(16)17/h3-6,10,13H,2,7-9H2,1H3. The topological polar surface area (TPSA) is 38.2 Å². The first kappa shape index (κ1) is 14.1. The molecule has 1 aromatic heterocycles. The van der Waals surface area contributed by atoms with Crippen LogP contribution in [0.4, 0.5) is 14.6 Å². The Hall–Kier alpha value is -1.82. The van der Waals surface area contributed by atoms with E-state index in [1.54, 1.807) is 12.1 Å². The van der Waals surface area contributed by atoms with Crippen LogP contribution in [0.1, 0.15) is 25.6 Å². The summed E-state index contributed by atoms with van der Waals surface area (Å²) in [7, 11) is 0. The van der Waals surface area contributed by atoms with Gasteiger partial charge in [-0.15, -0.1) is 0 Å².